The van der Waals surface area contributed by atoms with Gasteiger partial charge in [0.2, 0.25) is 10.0 Å². The van der Waals surface area contributed by atoms with E-state index < -0.39 is 14.9 Å². The summed E-state index contributed by atoms with van der Waals surface area (Å²) in [6.07, 6.45) is 1.45. The highest BCUT2D eigenvalue weighted by Crippen LogP contribution is 2.39. The van der Waals surface area contributed by atoms with E-state index in [1.165, 1.54) is 28.6 Å². The van der Waals surface area contributed by atoms with Crippen LogP contribution in [0.5, 0.6) is 0 Å². The van der Waals surface area contributed by atoms with Crippen LogP contribution in [0.4, 0.5) is 5.69 Å². The summed E-state index contributed by atoms with van der Waals surface area (Å²) in [5.74, 6) is 0. The van der Waals surface area contributed by atoms with Crippen molar-refractivity contribution >= 4 is 15.7 Å². The van der Waals surface area contributed by atoms with Crippen LogP contribution in [0, 0.1) is 17.0 Å². The number of nitro groups is 1. The van der Waals surface area contributed by atoms with Crippen LogP contribution in [-0.2, 0) is 10.0 Å². The van der Waals surface area contributed by atoms with E-state index in [0.717, 1.165) is 17.5 Å². The number of aryl methyl sites for hydroxylation is 1. The summed E-state index contributed by atoms with van der Waals surface area (Å²) in [6, 6.07) is 12.9. The lowest BCUT2D eigenvalue weighted by Gasteiger charge is -2.25. The Kier molecular flexibility index (Phi) is 4.38. The van der Waals surface area contributed by atoms with E-state index in [2.05, 4.69) is 0 Å². The van der Waals surface area contributed by atoms with Crippen molar-refractivity contribution in [1.29, 1.82) is 0 Å². The Hall–Kier alpha value is -2.25. The van der Waals surface area contributed by atoms with Crippen LogP contribution in [0.25, 0.3) is 0 Å². The number of para-hydroxylation sites is 1. The lowest BCUT2D eigenvalue weighted by Crippen LogP contribution is -2.31. The third-order valence-electron chi connectivity index (χ3n) is 4.40. The number of rotatable bonds is 4. The Bertz CT molecular complexity index is 880. The van der Waals surface area contributed by atoms with Crippen LogP contribution in [0.15, 0.2) is 53.4 Å². The number of benzene rings is 2. The molecule has 0 aliphatic carbocycles. The molecule has 0 radical (unpaired) electrons. The molecule has 24 heavy (non-hydrogen) atoms. The first-order valence-corrected chi connectivity index (χ1v) is 9.17. The first-order chi connectivity index (χ1) is 11.4. The van der Waals surface area contributed by atoms with Gasteiger partial charge in [-0.3, -0.25) is 10.1 Å². The van der Waals surface area contributed by atoms with E-state index in [1.807, 2.05) is 31.2 Å². The lowest BCUT2D eigenvalue weighted by atomic mass is 10.0. The second-order valence-electron chi connectivity index (χ2n) is 5.86. The van der Waals surface area contributed by atoms with Crippen molar-refractivity contribution in [3.8, 4) is 0 Å². The van der Waals surface area contributed by atoms with E-state index in [-0.39, 0.29) is 16.6 Å². The highest BCUT2D eigenvalue weighted by molar-refractivity contribution is 7.89. The van der Waals surface area contributed by atoms with Crippen LogP contribution in [-0.4, -0.2) is 24.2 Å². The maximum Gasteiger partial charge on any atom is 0.289 e. The van der Waals surface area contributed by atoms with Gasteiger partial charge in [0.25, 0.3) is 5.69 Å². The van der Waals surface area contributed by atoms with Crippen molar-refractivity contribution in [3.63, 3.8) is 0 Å². The maximum atomic E-state index is 13.1. The fraction of sp³-hybridized carbons (Fsp3) is 0.294. The summed E-state index contributed by atoms with van der Waals surface area (Å²) < 4.78 is 27.6. The number of hydrogen-bond donors (Lipinski definition) is 0. The van der Waals surface area contributed by atoms with Crippen molar-refractivity contribution in [2.75, 3.05) is 6.54 Å². The van der Waals surface area contributed by atoms with Gasteiger partial charge in [-0.1, -0.05) is 36.4 Å². The zero-order valence-corrected chi connectivity index (χ0v) is 14.1. The van der Waals surface area contributed by atoms with Gasteiger partial charge in [0.1, 0.15) is 0 Å². The minimum absolute atomic E-state index is 0.240. The molecule has 6 nitrogen and oxygen atoms in total. The monoisotopic (exact) mass is 346 g/mol. The zero-order valence-electron chi connectivity index (χ0n) is 13.3. The van der Waals surface area contributed by atoms with Crippen LogP contribution in [0.1, 0.15) is 30.0 Å². The van der Waals surface area contributed by atoms with Crippen molar-refractivity contribution in [1.82, 2.24) is 4.31 Å². The molecule has 2 aromatic rings. The van der Waals surface area contributed by atoms with Gasteiger partial charge >= 0.3 is 0 Å². The van der Waals surface area contributed by atoms with Gasteiger partial charge in [-0.05, 0) is 37.0 Å². The average Bonchev–Trinajstić information content (AvgIpc) is 3.05. The predicted molar refractivity (Wildman–Crippen MR) is 90.1 cm³/mol. The van der Waals surface area contributed by atoms with Gasteiger partial charge in [0, 0.05) is 12.6 Å². The molecule has 0 saturated carbocycles. The van der Waals surface area contributed by atoms with Gasteiger partial charge in [-0.2, -0.15) is 4.31 Å². The standard InChI is InChI=1S/C17H18N2O4S/c1-13-7-2-3-8-14(13)15-10-6-12-18(15)24(22,23)17-11-5-4-9-16(17)19(20)21/h2-5,7-9,11,15H,6,10,12H2,1H3. The Morgan fingerprint density at radius 1 is 1.12 bits per heavy atom. The van der Waals surface area contributed by atoms with Crippen molar-refractivity contribution in [3.05, 3.63) is 69.8 Å². The molecule has 1 aliphatic heterocycles. The number of nitrogens with zero attached hydrogens (tertiary/aromatic N) is 2. The number of hydrogen-bond acceptors (Lipinski definition) is 4. The van der Waals surface area contributed by atoms with E-state index >= 15 is 0 Å². The van der Waals surface area contributed by atoms with Gasteiger partial charge in [-0.25, -0.2) is 8.42 Å². The molecular formula is C17H18N2O4S. The van der Waals surface area contributed by atoms with Crippen LogP contribution >= 0.6 is 0 Å². The fourth-order valence-electron chi connectivity index (χ4n) is 3.25. The molecule has 0 spiro atoms. The smallest absolute Gasteiger partial charge is 0.258 e. The van der Waals surface area contributed by atoms with Crippen LogP contribution in [0.2, 0.25) is 0 Å². The molecule has 2 aromatic carbocycles. The summed E-state index contributed by atoms with van der Waals surface area (Å²) in [7, 11) is -3.94. The highest BCUT2D eigenvalue weighted by atomic mass is 32.2. The molecule has 1 aliphatic rings. The van der Waals surface area contributed by atoms with E-state index in [9.17, 15) is 18.5 Å². The van der Waals surface area contributed by atoms with E-state index in [4.69, 9.17) is 0 Å². The summed E-state index contributed by atoms with van der Waals surface area (Å²) in [4.78, 5) is 10.3. The molecule has 0 aromatic heterocycles. The largest absolute Gasteiger partial charge is 0.289 e. The first kappa shape index (κ1) is 16.6. The molecular weight excluding hydrogens is 328 g/mol. The van der Waals surface area contributed by atoms with Gasteiger partial charge in [0.15, 0.2) is 4.90 Å². The summed E-state index contributed by atoms with van der Waals surface area (Å²) in [6.45, 7) is 2.32. The summed E-state index contributed by atoms with van der Waals surface area (Å²) in [5, 5.41) is 11.2. The number of sulfonamides is 1. The average molecular weight is 346 g/mol. The molecule has 126 valence electrons. The zero-order chi connectivity index (χ0) is 17.3. The molecule has 0 bridgehead atoms. The molecule has 1 saturated heterocycles. The van der Waals surface area contributed by atoms with Crippen molar-refractivity contribution in [2.45, 2.75) is 30.7 Å². The van der Waals surface area contributed by atoms with Crippen LogP contribution in [0.3, 0.4) is 0 Å². The van der Waals surface area contributed by atoms with Gasteiger partial charge in [-0.15, -0.1) is 0 Å². The minimum Gasteiger partial charge on any atom is -0.258 e. The second kappa shape index (κ2) is 6.33. The van der Waals surface area contributed by atoms with Crippen LogP contribution < -0.4 is 0 Å². The molecule has 1 atom stereocenters. The van der Waals surface area contributed by atoms with Crippen molar-refractivity contribution < 1.29 is 13.3 Å². The topological polar surface area (TPSA) is 80.5 Å². The van der Waals surface area contributed by atoms with Crippen molar-refractivity contribution in [2.24, 2.45) is 0 Å². The van der Waals surface area contributed by atoms with E-state index in [0.29, 0.717) is 13.0 Å². The normalized spacial score (nSPS) is 18.6. The van der Waals surface area contributed by atoms with Gasteiger partial charge in [0.05, 0.1) is 11.0 Å². The Labute approximate surface area is 140 Å². The Balaban J connectivity index is 2.07. The molecule has 1 fully saturated rings. The molecule has 0 amide bonds. The Morgan fingerprint density at radius 2 is 1.79 bits per heavy atom. The Morgan fingerprint density at radius 3 is 2.50 bits per heavy atom. The summed E-state index contributed by atoms with van der Waals surface area (Å²) in [5.41, 5.74) is 1.59. The first-order valence-electron chi connectivity index (χ1n) is 7.73. The number of nitro benzene ring substituents is 1. The molecule has 0 N–H and O–H groups in total. The quantitative estimate of drug-likeness (QED) is 0.627. The molecule has 1 unspecified atom stereocenters. The lowest BCUT2D eigenvalue weighted by molar-refractivity contribution is -0.387. The SMILES string of the molecule is Cc1ccccc1C1CCCN1S(=O)(=O)c1ccccc1[N+](=O)[O-]. The maximum absolute atomic E-state index is 13.1. The third kappa shape index (κ3) is 2.81. The second-order valence-corrected chi connectivity index (χ2v) is 7.71. The molecule has 7 heteroatoms. The highest BCUT2D eigenvalue weighted by Gasteiger charge is 2.39. The fourth-order valence-corrected chi connectivity index (χ4v) is 5.09. The minimum atomic E-state index is -3.94. The third-order valence-corrected chi connectivity index (χ3v) is 6.36. The van der Waals surface area contributed by atoms with Gasteiger partial charge < -0.3 is 0 Å². The molecule has 1 heterocycles. The van der Waals surface area contributed by atoms with E-state index in [1.54, 1.807) is 0 Å². The summed E-state index contributed by atoms with van der Waals surface area (Å²) >= 11 is 0. The predicted octanol–water partition coefficient (Wildman–Crippen LogP) is 3.43. The molecule has 3 rings (SSSR count).